The van der Waals surface area contributed by atoms with Crippen LogP contribution in [0.2, 0.25) is 0 Å². The second-order valence-electron chi connectivity index (χ2n) is 1.86. The minimum atomic E-state index is -1.03. The Morgan fingerprint density at radius 2 is 1.83 bits per heavy atom. The van der Waals surface area contributed by atoms with Crippen molar-refractivity contribution in [3.05, 3.63) is 29.8 Å². The number of hydrogen-bond acceptors (Lipinski definition) is 2. The molecule has 1 aromatic carbocycles. The summed E-state index contributed by atoms with van der Waals surface area (Å²) >= 11 is 0. The number of phenols is 1. The van der Waals surface area contributed by atoms with Gasteiger partial charge >= 0.3 is 5.97 Å². The summed E-state index contributed by atoms with van der Waals surface area (Å²) in [5, 5.41) is 17.2. The SMILES string of the molecule is O=C(O)c1cccc(O)c1.[Na].[Na]. The molecule has 0 unspecified atom stereocenters. The molecule has 1 rings (SSSR count). The van der Waals surface area contributed by atoms with Gasteiger partial charge in [-0.05, 0) is 18.2 Å². The second kappa shape index (κ2) is 6.95. The third-order valence-electron chi connectivity index (χ3n) is 1.09. The average molecular weight is 184 g/mol. The second-order valence-corrected chi connectivity index (χ2v) is 1.86. The van der Waals surface area contributed by atoms with Crippen LogP contribution in [0.5, 0.6) is 5.75 Å². The Labute approximate surface area is 114 Å². The van der Waals surface area contributed by atoms with Crippen molar-refractivity contribution in [1.29, 1.82) is 0 Å². The molecule has 5 heteroatoms. The molecular formula is C7H6Na2O3. The van der Waals surface area contributed by atoms with Crippen LogP contribution in [0.25, 0.3) is 0 Å². The van der Waals surface area contributed by atoms with Crippen molar-refractivity contribution in [2.24, 2.45) is 0 Å². The molecule has 0 amide bonds. The number of aromatic carboxylic acids is 1. The van der Waals surface area contributed by atoms with Gasteiger partial charge in [0.15, 0.2) is 0 Å². The average Bonchev–Trinajstić information content (AvgIpc) is 1.88. The van der Waals surface area contributed by atoms with E-state index in [4.69, 9.17) is 10.2 Å². The Hall–Kier alpha value is 0.490. The summed E-state index contributed by atoms with van der Waals surface area (Å²) in [7, 11) is 0. The zero-order chi connectivity index (χ0) is 7.56. The summed E-state index contributed by atoms with van der Waals surface area (Å²) in [6, 6.07) is 5.52. The Morgan fingerprint density at radius 3 is 2.17 bits per heavy atom. The van der Waals surface area contributed by atoms with E-state index >= 15 is 0 Å². The van der Waals surface area contributed by atoms with Crippen molar-refractivity contribution < 1.29 is 15.0 Å². The summed E-state index contributed by atoms with van der Waals surface area (Å²) in [6.45, 7) is 0. The van der Waals surface area contributed by atoms with Crippen LogP contribution in [0.1, 0.15) is 10.4 Å². The number of hydrogen-bond donors (Lipinski definition) is 2. The smallest absolute Gasteiger partial charge is 0.335 e. The van der Waals surface area contributed by atoms with E-state index in [1.165, 1.54) is 24.3 Å². The largest absolute Gasteiger partial charge is 0.508 e. The van der Waals surface area contributed by atoms with E-state index in [2.05, 4.69) is 0 Å². The molecule has 2 N–H and O–H groups in total. The van der Waals surface area contributed by atoms with E-state index < -0.39 is 5.97 Å². The van der Waals surface area contributed by atoms with Gasteiger partial charge in [0, 0.05) is 59.1 Å². The number of rotatable bonds is 1. The van der Waals surface area contributed by atoms with Crippen LogP contribution in [0.3, 0.4) is 0 Å². The summed E-state index contributed by atoms with van der Waals surface area (Å²) < 4.78 is 0. The monoisotopic (exact) mass is 184 g/mol. The van der Waals surface area contributed by atoms with E-state index in [9.17, 15) is 4.79 Å². The van der Waals surface area contributed by atoms with Crippen molar-refractivity contribution in [1.82, 2.24) is 0 Å². The molecule has 2 radical (unpaired) electrons. The molecule has 12 heavy (non-hydrogen) atoms. The predicted molar refractivity (Wildman–Crippen MR) is 46.6 cm³/mol. The molecule has 0 aliphatic heterocycles. The van der Waals surface area contributed by atoms with Gasteiger partial charge in [0.05, 0.1) is 5.56 Å². The molecule has 0 aliphatic rings. The minimum Gasteiger partial charge on any atom is -0.508 e. The fraction of sp³-hybridized carbons (Fsp3) is 0. The van der Waals surface area contributed by atoms with Gasteiger partial charge in [-0.1, -0.05) is 6.07 Å². The number of carboxylic acids is 1. The first-order valence-electron chi connectivity index (χ1n) is 2.72. The number of carboxylic acid groups (broad SMARTS) is 1. The molecule has 0 bridgehead atoms. The Kier molecular flexibility index (Phi) is 8.68. The molecule has 0 heterocycles. The third-order valence-corrected chi connectivity index (χ3v) is 1.09. The van der Waals surface area contributed by atoms with Gasteiger partial charge in [-0.15, -0.1) is 0 Å². The van der Waals surface area contributed by atoms with Gasteiger partial charge in [0.2, 0.25) is 0 Å². The molecule has 0 saturated heterocycles. The Bertz CT molecular complexity index is 263. The molecule has 0 fully saturated rings. The van der Waals surface area contributed by atoms with Crippen molar-refractivity contribution >= 4 is 65.1 Å². The van der Waals surface area contributed by atoms with Crippen LogP contribution in [0, 0.1) is 0 Å². The molecule has 3 nitrogen and oxygen atoms in total. The fourth-order valence-corrected chi connectivity index (χ4v) is 0.639. The molecule has 0 saturated carbocycles. The van der Waals surface area contributed by atoms with Crippen LogP contribution in [0.15, 0.2) is 24.3 Å². The zero-order valence-corrected chi connectivity index (χ0v) is 11.1. The maximum atomic E-state index is 10.2. The quantitative estimate of drug-likeness (QED) is 0.618. The Morgan fingerprint density at radius 1 is 1.25 bits per heavy atom. The molecule has 0 aromatic heterocycles. The minimum absolute atomic E-state index is 0. The number of aromatic hydroxyl groups is 1. The summed E-state index contributed by atoms with van der Waals surface area (Å²) in [6.07, 6.45) is 0. The van der Waals surface area contributed by atoms with Crippen LogP contribution < -0.4 is 0 Å². The van der Waals surface area contributed by atoms with Gasteiger partial charge < -0.3 is 10.2 Å². The number of benzene rings is 1. The van der Waals surface area contributed by atoms with Crippen LogP contribution in [0.4, 0.5) is 0 Å². The summed E-state index contributed by atoms with van der Waals surface area (Å²) in [5.41, 5.74) is 0.0972. The van der Waals surface area contributed by atoms with Gasteiger partial charge in [-0.25, -0.2) is 4.79 Å². The summed E-state index contributed by atoms with van der Waals surface area (Å²) in [4.78, 5) is 10.2. The van der Waals surface area contributed by atoms with Gasteiger partial charge in [0.1, 0.15) is 5.75 Å². The molecule has 0 aliphatic carbocycles. The number of phenolic OH excluding ortho intramolecular Hbond substituents is 1. The third kappa shape index (κ3) is 4.50. The standard InChI is InChI=1S/C7H6O3.2Na/c8-6-3-1-2-5(4-6)7(9)10;;/h1-4,8H,(H,9,10);;. The van der Waals surface area contributed by atoms with E-state index in [0.717, 1.165) is 0 Å². The van der Waals surface area contributed by atoms with Crippen LogP contribution in [-0.2, 0) is 0 Å². The first kappa shape index (κ1) is 15.0. The van der Waals surface area contributed by atoms with E-state index in [0.29, 0.717) is 0 Å². The summed E-state index contributed by atoms with van der Waals surface area (Å²) in [5.74, 6) is -1.06. The molecular weight excluding hydrogens is 178 g/mol. The van der Waals surface area contributed by atoms with Crippen molar-refractivity contribution in [3.63, 3.8) is 0 Å². The molecule has 1 aromatic rings. The maximum Gasteiger partial charge on any atom is 0.335 e. The topological polar surface area (TPSA) is 57.5 Å². The number of carbonyl (C=O) groups is 1. The van der Waals surface area contributed by atoms with Crippen molar-refractivity contribution in [2.75, 3.05) is 0 Å². The zero-order valence-electron chi connectivity index (χ0n) is 7.11. The normalized spacial score (nSPS) is 7.67. The molecule has 54 valence electrons. The van der Waals surface area contributed by atoms with E-state index in [-0.39, 0.29) is 70.4 Å². The first-order valence-corrected chi connectivity index (χ1v) is 2.72. The molecule has 0 spiro atoms. The Balaban J connectivity index is 0. The molecule has 0 atom stereocenters. The van der Waals surface area contributed by atoms with E-state index in [1.54, 1.807) is 0 Å². The van der Waals surface area contributed by atoms with E-state index in [1.807, 2.05) is 0 Å². The van der Waals surface area contributed by atoms with Crippen LogP contribution in [-0.4, -0.2) is 75.3 Å². The fourth-order valence-electron chi connectivity index (χ4n) is 0.639. The van der Waals surface area contributed by atoms with Crippen molar-refractivity contribution in [2.45, 2.75) is 0 Å². The van der Waals surface area contributed by atoms with Crippen LogP contribution >= 0.6 is 0 Å². The van der Waals surface area contributed by atoms with Gasteiger partial charge in [0.25, 0.3) is 0 Å². The first-order chi connectivity index (χ1) is 4.70. The maximum absolute atomic E-state index is 10.2. The predicted octanol–water partition coefficient (Wildman–Crippen LogP) is 0.329. The van der Waals surface area contributed by atoms with Gasteiger partial charge in [-0.3, -0.25) is 0 Å². The van der Waals surface area contributed by atoms with Gasteiger partial charge in [-0.2, -0.15) is 0 Å². The van der Waals surface area contributed by atoms with Crippen molar-refractivity contribution in [3.8, 4) is 5.75 Å².